The fourth-order valence-corrected chi connectivity index (χ4v) is 2.20. The molecular formula is C17H16N2O6. The summed E-state index contributed by atoms with van der Waals surface area (Å²) in [4.78, 5) is 25.9. The van der Waals surface area contributed by atoms with Gasteiger partial charge in [0, 0.05) is 24.3 Å². The highest BCUT2D eigenvalue weighted by molar-refractivity contribution is 5.86. The number of nitrogens with zero attached hydrogens (tertiary/aromatic N) is 2. The van der Waals surface area contributed by atoms with Gasteiger partial charge in [0.05, 0.1) is 12.0 Å². The zero-order valence-corrected chi connectivity index (χ0v) is 13.3. The zero-order valence-electron chi connectivity index (χ0n) is 13.3. The number of carboxylic acid groups (broad SMARTS) is 1. The molecule has 0 saturated carbocycles. The minimum Gasteiger partial charge on any atom is -0.507 e. The van der Waals surface area contributed by atoms with Crippen LogP contribution in [0.4, 0.5) is 5.69 Å². The lowest BCUT2D eigenvalue weighted by Gasteiger charge is -2.09. The van der Waals surface area contributed by atoms with Crippen LogP contribution in [-0.2, 0) is 11.2 Å². The Labute approximate surface area is 143 Å². The van der Waals surface area contributed by atoms with Crippen molar-refractivity contribution in [1.82, 2.24) is 0 Å². The highest BCUT2D eigenvalue weighted by atomic mass is 16.6. The number of phenolic OH excluding ortho intramolecular Hbond substituents is 1. The molecule has 0 saturated heterocycles. The van der Waals surface area contributed by atoms with E-state index in [0.717, 1.165) is 0 Å². The normalized spacial score (nSPS) is 12.0. The summed E-state index contributed by atoms with van der Waals surface area (Å²) in [7, 11) is 1.32. The Kier molecular flexibility index (Phi) is 5.67. The number of hydrogen-bond acceptors (Lipinski definition) is 6. The quantitative estimate of drug-likeness (QED) is 0.452. The molecule has 2 rings (SSSR count). The Balaban J connectivity index is 2.25. The van der Waals surface area contributed by atoms with E-state index < -0.39 is 16.9 Å². The number of ether oxygens (including phenoxy) is 1. The van der Waals surface area contributed by atoms with Gasteiger partial charge in [0.1, 0.15) is 5.75 Å². The molecule has 2 aromatic carbocycles. The second-order valence-electron chi connectivity index (χ2n) is 5.16. The van der Waals surface area contributed by atoms with Crippen molar-refractivity contribution in [1.29, 1.82) is 0 Å². The van der Waals surface area contributed by atoms with Crippen LogP contribution in [0, 0.1) is 10.1 Å². The lowest BCUT2D eigenvalue weighted by atomic mass is 10.1. The molecule has 0 aliphatic heterocycles. The number of aliphatic carboxylic acids is 1. The summed E-state index contributed by atoms with van der Waals surface area (Å²) in [5.74, 6) is -1.10. The van der Waals surface area contributed by atoms with E-state index in [2.05, 4.69) is 4.99 Å². The summed E-state index contributed by atoms with van der Waals surface area (Å²) < 4.78 is 4.92. The van der Waals surface area contributed by atoms with Crippen molar-refractivity contribution in [3.05, 3.63) is 63.7 Å². The van der Waals surface area contributed by atoms with Crippen LogP contribution in [0.25, 0.3) is 0 Å². The third-order valence-electron chi connectivity index (χ3n) is 3.48. The summed E-state index contributed by atoms with van der Waals surface area (Å²) in [6.07, 6.45) is 1.23. The third kappa shape index (κ3) is 4.54. The van der Waals surface area contributed by atoms with E-state index in [1.54, 1.807) is 24.3 Å². The summed E-state index contributed by atoms with van der Waals surface area (Å²) in [5.41, 5.74) is 0.581. The number of aromatic hydroxyl groups is 1. The van der Waals surface area contributed by atoms with Gasteiger partial charge < -0.3 is 14.9 Å². The number of nitro groups is 1. The number of nitro benzene ring substituents is 1. The Morgan fingerprint density at radius 2 is 2.08 bits per heavy atom. The van der Waals surface area contributed by atoms with Crippen molar-refractivity contribution in [2.24, 2.45) is 4.99 Å². The molecule has 8 heteroatoms. The number of benzene rings is 2. The highest BCUT2D eigenvalue weighted by Gasteiger charge is 2.20. The first kappa shape index (κ1) is 17.9. The van der Waals surface area contributed by atoms with Gasteiger partial charge in [-0.2, -0.15) is 0 Å². The number of rotatable bonds is 7. The maximum absolute atomic E-state index is 11.4. The van der Waals surface area contributed by atoms with E-state index in [4.69, 9.17) is 4.74 Å². The topological polar surface area (TPSA) is 122 Å². The van der Waals surface area contributed by atoms with Crippen molar-refractivity contribution in [2.75, 3.05) is 7.11 Å². The van der Waals surface area contributed by atoms with Crippen molar-refractivity contribution in [3.63, 3.8) is 0 Å². The number of carboxylic acids is 1. The molecule has 2 N–H and O–H groups in total. The monoisotopic (exact) mass is 344 g/mol. The van der Waals surface area contributed by atoms with Crippen LogP contribution in [0.1, 0.15) is 11.1 Å². The number of phenols is 1. The minimum absolute atomic E-state index is 0.0181. The number of hydrogen-bond donors (Lipinski definition) is 2. The van der Waals surface area contributed by atoms with E-state index in [0.29, 0.717) is 11.1 Å². The average molecular weight is 344 g/mol. The van der Waals surface area contributed by atoms with Crippen LogP contribution in [0.3, 0.4) is 0 Å². The smallest absolute Gasteiger partial charge is 0.328 e. The minimum atomic E-state index is -1.18. The van der Waals surface area contributed by atoms with Gasteiger partial charge in [-0.15, -0.1) is 0 Å². The standard InChI is InChI=1S/C17H16N2O6/c1-25-16-7-6-11(9-14(16)19(23)24)8-13(17(21)22)18-10-12-4-2-3-5-15(12)20/h2-7,9-10,13,20H,8H2,1H3,(H,21,22). The molecule has 0 spiro atoms. The molecule has 2 aromatic rings. The highest BCUT2D eigenvalue weighted by Crippen LogP contribution is 2.28. The maximum Gasteiger partial charge on any atom is 0.328 e. The first-order valence-corrected chi connectivity index (χ1v) is 7.27. The largest absolute Gasteiger partial charge is 0.507 e. The Hall–Kier alpha value is -3.42. The first-order chi connectivity index (χ1) is 11.9. The predicted octanol–water partition coefficient (Wildman–Crippen LogP) is 2.42. The van der Waals surface area contributed by atoms with Crippen LogP contribution >= 0.6 is 0 Å². The fourth-order valence-electron chi connectivity index (χ4n) is 2.20. The zero-order chi connectivity index (χ0) is 18.4. The van der Waals surface area contributed by atoms with Crippen molar-refractivity contribution >= 4 is 17.9 Å². The predicted molar refractivity (Wildman–Crippen MR) is 90.5 cm³/mol. The molecule has 1 unspecified atom stereocenters. The molecule has 0 amide bonds. The van der Waals surface area contributed by atoms with Gasteiger partial charge in [0.15, 0.2) is 11.8 Å². The number of para-hydroxylation sites is 1. The van der Waals surface area contributed by atoms with Crippen LogP contribution in [0.15, 0.2) is 47.5 Å². The third-order valence-corrected chi connectivity index (χ3v) is 3.48. The van der Waals surface area contributed by atoms with Gasteiger partial charge in [-0.3, -0.25) is 15.1 Å². The van der Waals surface area contributed by atoms with E-state index >= 15 is 0 Å². The molecule has 0 fully saturated rings. The van der Waals surface area contributed by atoms with E-state index in [1.165, 1.54) is 31.5 Å². The summed E-state index contributed by atoms with van der Waals surface area (Å²) in [6, 6.07) is 9.47. The van der Waals surface area contributed by atoms with Crippen LogP contribution in [0.5, 0.6) is 11.5 Å². The molecule has 130 valence electrons. The van der Waals surface area contributed by atoms with Gasteiger partial charge >= 0.3 is 11.7 Å². The van der Waals surface area contributed by atoms with Crippen LogP contribution < -0.4 is 4.74 Å². The van der Waals surface area contributed by atoms with Crippen molar-refractivity contribution in [2.45, 2.75) is 12.5 Å². The molecule has 0 radical (unpaired) electrons. The van der Waals surface area contributed by atoms with Gasteiger partial charge in [-0.05, 0) is 23.8 Å². The van der Waals surface area contributed by atoms with E-state index in [1.807, 2.05) is 0 Å². The van der Waals surface area contributed by atoms with Gasteiger partial charge in [-0.25, -0.2) is 4.79 Å². The van der Waals surface area contributed by atoms with Crippen LogP contribution in [0.2, 0.25) is 0 Å². The molecular weight excluding hydrogens is 328 g/mol. The maximum atomic E-state index is 11.4. The lowest BCUT2D eigenvalue weighted by molar-refractivity contribution is -0.385. The van der Waals surface area contributed by atoms with Crippen LogP contribution in [-0.4, -0.2) is 40.5 Å². The molecule has 0 aliphatic rings. The van der Waals surface area contributed by atoms with Crippen molar-refractivity contribution in [3.8, 4) is 11.5 Å². The van der Waals surface area contributed by atoms with Crippen molar-refractivity contribution < 1.29 is 24.7 Å². The summed E-state index contributed by atoms with van der Waals surface area (Å²) in [5, 5.41) is 30.1. The fraction of sp³-hybridized carbons (Fsp3) is 0.176. The molecule has 0 bridgehead atoms. The second kappa shape index (κ2) is 7.91. The molecule has 1 atom stereocenters. The second-order valence-corrected chi connectivity index (χ2v) is 5.16. The van der Waals surface area contributed by atoms with Gasteiger partial charge in [0.25, 0.3) is 0 Å². The van der Waals surface area contributed by atoms with E-state index in [-0.39, 0.29) is 23.6 Å². The molecule has 0 heterocycles. The Morgan fingerprint density at radius 3 is 2.68 bits per heavy atom. The molecule has 0 aliphatic carbocycles. The van der Waals surface area contributed by atoms with Gasteiger partial charge in [0.2, 0.25) is 0 Å². The number of methoxy groups -OCH3 is 1. The Bertz CT molecular complexity index is 819. The average Bonchev–Trinajstić information content (AvgIpc) is 2.59. The molecule has 0 aromatic heterocycles. The number of carbonyl (C=O) groups is 1. The molecule has 25 heavy (non-hydrogen) atoms. The Morgan fingerprint density at radius 1 is 1.36 bits per heavy atom. The van der Waals surface area contributed by atoms with E-state index in [9.17, 15) is 25.1 Å². The molecule has 8 nitrogen and oxygen atoms in total. The number of aliphatic imine (C=N–C) groups is 1. The first-order valence-electron chi connectivity index (χ1n) is 7.27. The summed E-state index contributed by atoms with van der Waals surface area (Å²) in [6.45, 7) is 0. The summed E-state index contributed by atoms with van der Waals surface area (Å²) >= 11 is 0. The lowest BCUT2D eigenvalue weighted by Crippen LogP contribution is -2.21. The van der Waals surface area contributed by atoms with Gasteiger partial charge in [-0.1, -0.05) is 18.2 Å². The SMILES string of the molecule is COc1ccc(CC(N=Cc2ccccc2O)C(=O)O)cc1[N+](=O)[O-].